The van der Waals surface area contributed by atoms with E-state index >= 15 is 0 Å². The van der Waals surface area contributed by atoms with Gasteiger partial charge in [-0.3, -0.25) is 4.79 Å². The van der Waals surface area contributed by atoms with Gasteiger partial charge in [0.05, 0.1) is 12.8 Å². The number of anilines is 2. The minimum Gasteiger partial charge on any atom is -0.495 e. The molecule has 0 fully saturated rings. The van der Waals surface area contributed by atoms with Gasteiger partial charge < -0.3 is 15.4 Å². The number of methoxy groups -OCH3 is 1. The molecule has 24 heavy (non-hydrogen) atoms. The Morgan fingerprint density at radius 3 is 2.38 bits per heavy atom. The highest BCUT2D eigenvalue weighted by molar-refractivity contribution is 5.97. The van der Waals surface area contributed by atoms with Crippen molar-refractivity contribution >= 4 is 17.3 Å². The molecule has 4 nitrogen and oxygen atoms in total. The van der Waals surface area contributed by atoms with Gasteiger partial charge in [-0.15, -0.1) is 0 Å². The summed E-state index contributed by atoms with van der Waals surface area (Å²) in [7, 11) is 1.59. The molecule has 128 valence electrons. The zero-order chi connectivity index (χ0) is 17.5. The highest BCUT2D eigenvalue weighted by Gasteiger charge is 2.14. The van der Waals surface area contributed by atoms with Gasteiger partial charge in [-0.05, 0) is 49.1 Å². The van der Waals surface area contributed by atoms with Crippen LogP contribution in [0.15, 0.2) is 48.5 Å². The van der Waals surface area contributed by atoms with E-state index < -0.39 is 0 Å². The van der Waals surface area contributed by atoms with Crippen LogP contribution in [0.4, 0.5) is 11.4 Å². The Bertz CT molecular complexity index is 668. The van der Waals surface area contributed by atoms with Gasteiger partial charge in [0.15, 0.2) is 0 Å². The molecular formula is C20H26N2O2. The fourth-order valence-electron chi connectivity index (χ4n) is 2.45. The SMILES string of the molecule is CC[C@H](C)c1ccc(N[C@H](C)C(=O)Nc2ccccc2OC)cc1. The molecule has 0 radical (unpaired) electrons. The van der Waals surface area contributed by atoms with Crippen molar-refractivity contribution in [2.24, 2.45) is 0 Å². The zero-order valence-corrected chi connectivity index (χ0v) is 14.8. The number of amides is 1. The van der Waals surface area contributed by atoms with Crippen LogP contribution in [0.1, 0.15) is 38.7 Å². The fraction of sp³-hybridized carbons (Fsp3) is 0.350. The number of ether oxygens (including phenoxy) is 1. The Balaban J connectivity index is 1.98. The van der Waals surface area contributed by atoms with Gasteiger partial charge in [-0.2, -0.15) is 0 Å². The average molecular weight is 326 g/mol. The molecule has 2 aromatic rings. The Hall–Kier alpha value is -2.49. The largest absolute Gasteiger partial charge is 0.495 e. The lowest BCUT2D eigenvalue weighted by molar-refractivity contribution is -0.116. The molecule has 2 N–H and O–H groups in total. The predicted octanol–water partition coefficient (Wildman–Crippen LogP) is 4.65. The highest BCUT2D eigenvalue weighted by atomic mass is 16.5. The molecule has 0 bridgehead atoms. The monoisotopic (exact) mass is 326 g/mol. The minimum absolute atomic E-state index is 0.106. The van der Waals surface area contributed by atoms with Crippen LogP contribution in [0.3, 0.4) is 0 Å². The number of rotatable bonds is 7. The molecule has 0 saturated heterocycles. The maximum atomic E-state index is 12.4. The molecule has 0 aromatic heterocycles. The van der Waals surface area contributed by atoms with Gasteiger partial charge in [0.2, 0.25) is 5.91 Å². The summed E-state index contributed by atoms with van der Waals surface area (Å²) in [6, 6.07) is 15.3. The van der Waals surface area contributed by atoms with Crippen molar-refractivity contribution in [2.45, 2.75) is 39.2 Å². The fourth-order valence-corrected chi connectivity index (χ4v) is 2.45. The second-order valence-electron chi connectivity index (χ2n) is 5.99. The Morgan fingerprint density at radius 2 is 1.75 bits per heavy atom. The van der Waals surface area contributed by atoms with Gasteiger partial charge in [0, 0.05) is 5.69 Å². The van der Waals surface area contributed by atoms with Crippen LogP contribution in [-0.2, 0) is 4.79 Å². The summed E-state index contributed by atoms with van der Waals surface area (Å²) in [6.07, 6.45) is 1.12. The summed E-state index contributed by atoms with van der Waals surface area (Å²) in [6.45, 7) is 6.24. The van der Waals surface area contributed by atoms with Crippen molar-refractivity contribution in [3.63, 3.8) is 0 Å². The molecule has 2 aromatic carbocycles. The summed E-state index contributed by atoms with van der Waals surface area (Å²) in [5.41, 5.74) is 2.92. The maximum absolute atomic E-state index is 12.4. The maximum Gasteiger partial charge on any atom is 0.246 e. The third-order valence-electron chi connectivity index (χ3n) is 4.23. The van der Waals surface area contributed by atoms with Gasteiger partial charge >= 0.3 is 0 Å². The first-order chi connectivity index (χ1) is 11.5. The van der Waals surface area contributed by atoms with E-state index in [1.54, 1.807) is 7.11 Å². The number of hydrogen-bond donors (Lipinski definition) is 2. The molecule has 0 spiro atoms. The lowest BCUT2D eigenvalue weighted by Gasteiger charge is -2.17. The van der Waals surface area contributed by atoms with Crippen molar-refractivity contribution in [3.05, 3.63) is 54.1 Å². The zero-order valence-electron chi connectivity index (χ0n) is 14.8. The second kappa shape index (κ2) is 8.39. The smallest absolute Gasteiger partial charge is 0.246 e. The molecule has 0 saturated carbocycles. The van der Waals surface area contributed by atoms with Crippen LogP contribution in [0.25, 0.3) is 0 Å². The highest BCUT2D eigenvalue weighted by Crippen LogP contribution is 2.24. The van der Waals surface area contributed by atoms with E-state index in [0.29, 0.717) is 17.4 Å². The minimum atomic E-state index is -0.357. The lowest BCUT2D eigenvalue weighted by atomic mass is 9.98. The number of hydrogen-bond acceptors (Lipinski definition) is 3. The third-order valence-corrected chi connectivity index (χ3v) is 4.23. The standard InChI is InChI=1S/C20H26N2O2/c1-5-14(2)16-10-12-17(13-11-16)21-15(3)20(23)22-18-8-6-7-9-19(18)24-4/h6-15,21H,5H2,1-4H3,(H,22,23)/t14-,15+/m0/s1. The van der Waals surface area contributed by atoms with Gasteiger partial charge in [0.1, 0.15) is 11.8 Å². The number of para-hydroxylation sites is 2. The van der Waals surface area contributed by atoms with E-state index in [1.807, 2.05) is 43.3 Å². The quantitative estimate of drug-likeness (QED) is 0.779. The second-order valence-corrected chi connectivity index (χ2v) is 5.99. The number of carbonyl (C=O) groups is 1. The van der Waals surface area contributed by atoms with E-state index in [1.165, 1.54) is 5.56 Å². The summed E-state index contributed by atoms with van der Waals surface area (Å²) in [4.78, 5) is 12.4. The van der Waals surface area contributed by atoms with Crippen molar-refractivity contribution in [1.29, 1.82) is 0 Å². The van der Waals surface area contributed by atoms with Crippen LogP contribution in [0, 0.1) is 0 Å². The normalized spacial score (nSPS) is 13.0. The van der Waals surface area contributed by atoms with Crippen LogP contribution in [0.5, 0.6) is 5.75 Å². The summed E-state index contributed by atoms with van der Waals surface area (Å²) >= 11 is 0. The first-order valence-electron chi connectivity index (χ1n) is 8.35. The van der Waals surface area contributed by atoms with E-state index in [4.69, 9.17) is 4.74 Å². The van der Waals surface area contributed by atoms with E-state index in [2.05, 4.69) is 36.6 Å². The first-order valence-corrected chi connectivity index (χ1v) is 8.35. The predicted molar refractivity (Wildman–Crippen MR) is 99.9 cm³/mol. The summed E-state index contributed by atoms with van der Waals surface area (Å²) in [5, 5.41) is 6.12. The Labute approximate surface area is 144 Å². The molecule has 0 unspecified atom stereocenters. The van der Waals surface area contributed by atoms with Crippen molar-refractivity contribution in [3.8, 4) is 5.75 Å². The van der Waals surface area contributed by atoms with Crippen LogP contribution < -0.4 is 15.4 Å². The van der Waals surface area contributed by atoms with Crippen LogP contribution in [-0.4, -0.2) is 19.1 Å². The Morgan fingerprint density at radius 1 is 1.08 bits per heavy atom. The molecule has 0 heterocycles. The van der Waals surface area contributed by atoms with Crippen molar-refractivity contribution in [1.82, 2.24) is 0 Å². The Kier molecular flexibility index (Phi) is 6.24. The van der Waals surface area contributed by atoms with Crippen LogP contribution >= 0.6 is 0 Å². The summed E-state index contributed by atoms with van der Waals surface area (Å²) < 4.78 is 5.26. The molecule has 2 rings (SSSR count). The van der Waals surface area contributed by atoms with Crippen molar-refractivity contribution < 1.29 is 9.53 Å². The molecule has 4 heteroatoms. The lowest BCUT2D eigenvalue weighted by Crippen LogP contribution is -2.32. The molecule has 0 aliphatic rings. The van der Waals surface area contributed by atoms with Gasteiger partial charge in [-0.25, -0.2) is 0 Å². The van der Waals surface area contributed by atoms with E-state index in [-0.39, 0.29) is 11.9 Å². The number of benzene rings is 2. The molecular weight excluding hydrogens is 300 g/mol. The molecule has 0 aliphatic carbocycles. The number of carbonyl (C=O) groups excluding carboxylic acids is 1. The van der Waals surface area contributed by atoms with Crippen molar-refractivity contribution in [2.75, 3.05) is 17.7 Å². The molecule has 1 amide bonds. The average Bonchev–Trinajstić information content (AvgIpc) is 2.62. The third kappa shape index (κ3) is 4.51. The number of nitrogens with one attached hydrogen (secondary N) is 2. The van der Waals surface area contributed by atoms with Gasteiger partial charge in [-0.1, -0.05) is 38.1 Å². The van der Waals surface area contributed by atoms with E-state index in [0.717, 1.165) is 12.1 Å². The molecule has 2 atom stereocenters. The topological polar surface area (TPSA) is 50.4 Å². The van der Waals surface area contributed by atoms with Crippen LogP contribution in [0.2, 0.25) is 0 Å². The van der Waals surface area contributed by atoms with Gasteiger partial charge in [0.25, 0.3) is 0 Å². The van der Waals surface area contributed by atoms with E-state index in [9.17, 15) is 4.79 Å². The molecule has 0 aliphatic heterocycles. The first kappa shape index (κ1) is 17.9. The summed E-state index contributed by atoms with van der Waals surface area (Å²) in [5.74, 6) is 1.09.